The number of rotatable bonds is 6. The number of aromatic nitrogens is 2. The molecule has 0 saturated heterocycles. The maximum absolute atomic E-state index is 13.2. The summed E-state index contributed by atoms with van der Waals surface area (Å²) >= 11 is 0. The molecule has 3 aromatic carbocycles. The number of carbonyl (C=O) groups is 1. The average molecular weight is 453 g/mol. The van der Waals surface area contributed by atoms with E-state index in [1.54, 1.807) is 24.3 Å². The zero-order valence-electron chi connectivity index (χ0n) is 17.3. The first-order chi connectivity index (χ1) is 15.8. The predicted molar refractivity (Wildman–Crippen MR) is 115 cm³/mol. The number of alkyl halides is 3. The first-order valence-corrected chi connectivity index (χ1v) is 9.95. The van der Waals surface area contributed by atoms with Crippen LogP contribution in [-0.2, 0) is 11.0 Å². The van der Waals surface area contributed by atoms with E-state index in [0.717, 1.165) is 11.6 Å². The highest BCUT2D eigenvalue weighted by Gasteiger charge is 2.34. The molecule has 168 valence electrons. The fourth-order valence-electron chi connectivity index (χ4n) is 3.09. The first kappa shape index (κ1) is 22.1. The number of nitrogens with one attached hydrogen (secondary N) is 1. The molecule has 4 rings (SSSR count). The van der Waals surface area contributed by atoms with Crippen molar-refractivity contribution in [3.63, 3.8) is 0 Å². The minimum absolute atomic E-state index is 0.180. The van der Waals surface area contributed by atoms with Crippen molar-refractivity contribution in [3.8, 4) is 28.7 Å². The van der Waals surface area contributed by atoms with Crippen molar-refractivity contribution in [3.05, 3.63) is 84.4 Å². The second-order valence-corrected chi connectivity index (χ2v) is 7.07. The van der Waals surface area contributed by atoms with Crippen molar-refractivity contribution >= 4 is 11.6 Å². The third-order valence-electron chi connectivity index (χ3n) is 4.73. The molecule has 1 heterocycles. The van der Waals surface area contributed by atoms with Crippen LogP contribution >= 0.6 is 0 Å². The lowest BCUT2D eigenvalue weighted by molar-refractivity contribution is -0.137. The van der Waals surface area contributed by atoms with Crippen molar-refractivity contribution in [1.29, 1.82) is 0 Å². The van der Waals surface area contributed by atoms with Gasteiger partial charge >= 0.3 is 6.18 Å². The number of amides is 1. The molecule has 33 heavy (non-hydrogen) atoms. The van der Waals surface area contributed by atoms with Gasteiger partial charge in [0.1, 0.15) is 5.75 Å². The lowest BCUT2D eigenvalue weighted by Gasteiger charge is -2.18. The molecule has 0 spiro atoms. The summed E-state index contributed by atoms with van der Waals surface area (Å²) in [4.78, 5) is 12.6. The molecule has 0 aliphatic rings. The molecule has 1 N–H and O–H groups in total. The number of hydrogen-bond acceptors (Lipinski definition) is 5. The third-order valence-corrected chi connectivity index (χ3v) is 4.73. The quantitative estimate of drug-likeness (QED) is 0.398. The Hall–Kier alpha value is -4.14. The van der Waals surface area contributed by atoms with Gasteiger partial charge in [0.05, 0.1) is 16.8 Å². The number of anilines is 1. The lowest BCUT2D eigenvalue weighted by Crippen LogP contribution is -2.31. The van der Waals surface area contributed by atoms with Crippen LogP contribution in [0.5, 0.6) is 5.75 Å². The number of halogens is 3. The molecular weight excluding hydrogens is 435 g/mol. The minimum atomic E-state index is -4.60. The Labute approximate surface area is 187 Å². The van der Waals surface area contributed by atoms with Crippen LogP contribution in [-0.4, -0.2) is 22.2 Å². The molecule has 0 fully saturated rings. The Morgan fingerprint density at radius 2 is 1.55 bits per heavy atom. The van der Waals surface area contributed by atoms with Crippen LogP contribution in [0, 0.1) is 0 Å². The van der Waals surface area contributed by atoms with Gasteiger partial charge in [0.15, 0.2) is 6.10 Å². The molecule has 6 nitrogen and oxygen atoms in total. The van der Waals surface area contributed by atoms with Crippen LogP contribution in [0.4, 0.5) is 18.9 Å². The van der Waals surface area contributed by atoms with Crippen molar-refractivity contribution < 1.29 is 27.1 Å². The van der Waals surface area contributed by atoms with Crippen molar-refractivity contribution in [1.82, 2.24) is 10.2 Å². The van der Waals surface area contributed by atoms with Crippen LogP contribution < -0.4 is 10.1 Å². The molecule has 1 atom stereocenters. The Kier molecular flexibility index (Phi) is 6.12. The van der Waals surface area contributed by atoms with Gasteiger partial charge in [-0.3, -0.25) is 4.79 Å². The summed E-state index contributed by atoms with van der Waals surface area (Å²) < 4.78 is 51.1. The highest BCUT2D eigenvalue weighted by atomic mass is 19.4. The molecule has 4 aromatic rings. The van der Waals surface area contributed by atoms with Crippen molar-refractivity contribution in [2.45, 2.75) is 19.2 Å². The van der Waals surface area contributed by atoms with E-state index in [1.165, 1.54) is 25.1 Å². The van der Waals surface area contributed by atoms with Crippen molar-refractivity contribution in [2.75, 3.05) is 5.32 Å². The van der Waals surface area contributed by atoms with Gasteiger partial charge in [-0.15, -0.1) is 10.2 Å². The smallest absolute Gasteiger partial charge is 0.418 e. The first-order valence-electron chi connectivity index (χ1n) is 9.95. The van der Waals surface area contributed by atoms with E-state index >= 15 is 0 Å². The van der Waals surface area contributed by atoms with Gasteiger partial charge in [-0.1, -0.05) is 42.5 Å². The molecule has 0 saturated carbocycles. The summed E-state index contributed by atoms with van der Waals surface area (Å²) in [5, 5.41) is 10.4. The van der Waals surface area contributed by atoms with E-state index in [0.29, 0.717) is 11.5 Å². The minimum Gasteiger partial charge on any atom is -0.480 e. The average Bonchev–Trinajstić information content (AvgIpc) is 3.30. The summed E-state index contributed by atoms with van der Waals surface area (Å²) in [7, 11) is 0. The molecule has 1 unspecified atom stereocenters. The summed E-state index contributed by atoms with van der Waals surface area (Å²) in [5.41, 5.74) is -0.0957. The maximum Gasteiger partial charge on any atom is 0.418 e. The highest BCUT2D eigenvalue weighted by Crippen LogP contribution is 2.35. The van der Waals surface area contributed by atoms with Crippen LogP contribution in [0.3, 0.4) is 0 Å². The van der Waals surface area contributed by atoms with Crippen LogP contribution in [0.25, 0.3) is 22.9 Å². The van der Waals surface area contributed by atoms with Crippen LogP contribution in [0.15, 0.2) is 83.3 Å². The van der Waals surface area contributed by atoms with Crippen LogP contribution in [0.2, 0.25) is 0 Å². The van der Waals surface area contributed by atoms with Gasteiger partial charge in [0.2, 0.25) is 5.89 Å². The number of ether oxygens (including phenoxy) is 1. The zero-order valence-corrected chi connectivity index (χ0v) is 17.3. The summed E-state index contributed by atoms with van der Waals surface area (Å²) in [6.45, 7) is 1.44. The monoisotopic (exact) mass is 453 g/mol. The van der Waals surface area contributed by atoms with E-state index in [2.05, 4.69) is 15.5 Å². The molecule has 1 amide bonds. The Bertz CT molecular complexity index is 1260. The van der Waals surface area contributed by atoms with Gasteiger partial charge in [-0.2, -0.15) is 13.2 Å². The highest BCUT2D eigenvalue weighted by molar-refractivity contribution is 5.95. The Morgan fingerprint density at radius 3 is 2.30 bits per heavy atom. The Morgan fingerprint density at radius 1 is 0.909 bits per heavy atom. The lowest BCUT2D eigenvalue weighted by atomic mass is 10.1. The van der Waals surface area contributed by atoms with Gasteiger partial charge in [-0.05, 0) is 43.3 Å². The summed E-state index contributed by atoms with van der Waals surface area (Å²) in [6, 6.07) is 20.7. The van der Waals surface area contributed by atoms with E-state index in [1.807, 2.05) is 30.3 Å². The molecule has 1 aromatic heterocycles. The number of benzene rings is 3. The van der Waals surface area contributed by atoms with Gasteiger partial charge in [0, 0.05) is 5.56 Å². The SMILES string of the molecule is CC(Oc1ccccc1-c1nnc(-c2ccccc2)o1)C(=O)Nc1ccccc1C(F)(F)F. The maximum atomic E-state index is 13.2. The van der Waals surface area contributed by atoms with Gasteiger partial charge in [0.25, 0.3) is 11.8 Å². The topological polar surface area (TPSA) is 77.2 Å². The van der Waals surface area contributed by atoms with Crippen molar-refractivity contribution in [2.24, 2.45) is 0 Å². The second-order valence-electron chi connectivity index (χ2n) is 7.07. The molecule has 9 heteroatoms. The van der Waals surface area contributed by atoms with E-state index < -0.39 is 23.8 Å². The normalized spacial score (nSPS) is 12.2. The standard InChI is InChI=1S/C24H18F3N3O3/c1-15(21(31)28-19-13-7-6-12-18(19)24(25,26)27)32-20-14-8-5-11-17(20)23-30-29-22(33-23)16-9-3-2-4-10-16/h2-15H,1H3,(H,28,31). The number of para-hydroxylation sites is 2. The van der Waals surface area contributed by atoms with Gasteiger partial charge < -0.3 is 14.5 Å². The second kappa shape index (κ2) is 9.15. The summed E-state index contributed by atoms with van der Waals surface area (Å²) in [6.07, 6.45) is -5.71. The fourth-order valence-corrected chi connectivity index (χ4v) is 3.09. The molecule has 0 aliphatic heterocycles. The van der Waals surface area contributed by atoms with Crippen LogP contribution in [0.1, 0.15) is 12.5 Å². The van der Waals surface area contributed by atoms with E-state index in [-0.39, 0.29) is 17.3 Å². The zero-order chi connectivity index (χ0) is 23.4. The molecule has 0 radical (unpaired) electrons. The molecule has 0 aliphatic carbocycles. The van der Waals surface area contributed by atoms with Gasteiger partial charge in [-0.25, -0.2) is 0 Å². The third kappa shape index (κ3) is 5.03. The Balaban J connectivity index is 1.53. The fraction of sp³-hybridized carbons (Fsp3) is 0.125. The van der Waals surface area contributed by atoms with E-state index in [4.69, 9.17) is 9.15 Å². The molecule has 0 bridgehead atoms. The number of carbonyl (C=O) groups excluding carboxylic acids is 1. The summed E-state index contributed by atoms with van der Waals surface area (Å²) in [5.74, 6) is 0.0268. The largest absolute Gasteiger partial charge is 0.480 e. The van der Waals surface area contributed by atoms with E-state index in [9.17, 15) is 18.0 Å². The molecular formula is C24H18F3N3O3. The number of nitrogens with zero attached hydrogens (tertiary/aromatic N) is 2. The predicted octanol–water partition coefficient (Wildman–Crippen LogP) is 5.83. The number of hydrogen-bond donors (Lipinski definition) is 1.